The SMILES string of the molecule is Cc1ccc(S(=O)(=O)OS(CCO)(CCO)CC(=O)c2ccc(S(C)(=O)=O)cc2)cc1. The van der Waals surface area contributed by atoms with Crippen LogP contribution in [0.5, 0.6) is 0 Å². The van der Waals surface area contributed by atoms with E-state index in [2.05, 4.69) is 0 Å². The Morgan fingerprint density at radius 2 is 1.32 bits per heavy atom. The summed E-state index contributed by atoms with van der Waals surface area (Å²) in [6.45, 7) is 0.941. The van der Waals surface area contributed by atoms with Crippen molar-refractivity contribution in [1.29, 1.82) is 0 Å². The van der Waals surface area contributed by atoms with Crippen molar-refractivity contribution in [2.45, 2.75) is 16.7 Å². The quantitative estimate of drug-likeness (QED) is 0.454. The maximum atomic E-state index is 12.9. The lowest BCUT2D eigenvalue weighted by atomic mass is 10.1. The third kappa shape index (κ3) is 6.86. The van der Waals surface area contributed by atoms with Crippen LogP contribution < -0.4 is 0 Å². The van der Waals surface area contributed by atoms with Crippen LogP contribution in [-0.2, 0) is 23.6 Å². The molecule has 0 aliphatic rings. The Labute approximate surface area is 184 Å². The number of benzene rings is 2. The molecule has 0 saturated carbocycles. The number of aliphatic hydroxyl groups is 2. The van der Waals surface area contributed by atoms with Gasteiger partial charge in [0.05, 0.1) is 28.8 Å². The molecule has 2 rings (SSSR count). The molecule has 0 aromatic heterocycles. The molecule has 0 radical (unpaired) electrons. The molecule has 0 atom stereocenters. The van der Waals surface area contributed by atoms with E-state index in [1.807, 2.05) is 0 Å². The van der Waals surface area contributed by atoms with Crippen molar-refractivity contribution in [3.63, 3.8) is 0 Å². The fourth-order valence-electron chi connectivity index (χ4n) is 2.82. The zero-order chi connectivity index (χ0) is 23.3. The molecule has 2 aromatic carbocycles. The van der Waals surface area contributed by atoms with Gasteiger partial charge in [-0.3, -0.25) is 4.79 Å². The molecule has 2 N–H and O–H groups in total. The van der Waals surface area contributed by atoms with E-state index in [-0.39, 0.29) is 32.6 Å². The Balaban J connectivity index is 2.36. The van der Waals surface area contributed by atoms with E-state index in [1.54, 1.807) is 19.1 Å². The standard InChI is InChI=1S/C20H26O8S3/c1-16-3-7-19(8-4-16)31(26,27)28-30(13-11-21,14-12-22)15-20(23)17-5-9-18(10-6-17)29(2,24)25/h3-10,21-22H,11-15H2,1-2H3. The number of ketones is 1. The van der Waals surface area contributed by atoms with E-state index in [0.717, 1.165) is 11.8 Å². The highest BCUT2D eigenvalue weighted by molar-refractivity contribution is 8.33. The van der Waals surface area contributed by atoms with Gasteiger partial charge in [0.25, 0.3) is 0 Å². The van der Waals surface area contributed by atoms with Crippen LogP contribution >= 0.6 is 10.3 Å². The molecule has 0 amide bonds. The van der Waals surface area contributed by atoms with Gasteiger partial charge in [-0.05, 0) is 31.2 Å². The van der Waals surface area contributed by atoms with Gasteiger partial charge in [-0.25, -0.2) is 12.0 Å². The average Bonchev–Trinajstić information content (AvgIpc) is 2.67. The number of hydrogen-bond acceptors (Lipinski definition) is 8. The molecule has 0 aliphatic heterocycles. The van der Waals surface area contributed by atoms with E-state index in [4.69, 9.17) is 3.63 Å². The number of sulfone groups is 1. The van der Waals surface area contributed by atoms with Crippen LogP contribution in [-0.4, -0.2) is 69.6 Å². The zero-order valence-electron chi connectivity index (χ0n) is 17.2. The maximum absolute atomic E-state index is 12.9. The monoisotopic (exact) mass is 490 g/mol. The van der Waals surface area contributed by atoms with Crippen LogP contribution in [0.4, 0.5) is 0 Å². The summed E-state index contributed by atoms with van der Waals surface area (Å²) in [5, 5.41) is 19.1. The van der Waals surface area contributed by atoms with Crippen LogP contribution in [0.1, 0.15) is 15.9 Å². The van der Waals surface area contributed by atoms with Crippen molar-refractivity contribution >= 4 is 36.0 Å². The predicted molar refractivity (Wildman–Crippen MR) is 120 cm³/mol. The number of aliphatic hydroxyl groups excluding tert-OH is 2. The van der Waals surface area contributed by atoms with Gasteiger partial charge >= 0.3 is 10.1 Å². The summed E-state index contributed by atoms with van der Waals surface area (Å²) in [6, 6.07) is 11.3. The average molecular weight is 491 g/mol. The predicted octanol–water partition coefficient (Wildman–Crippen LogP) is 1.69. The number of rotatable bonds is 11. The van der Waals surface area contributed by atoms with Gasteiger partial charge in [-0.2, -0.15) is 8.42 Å². The summed E-state index contributed by atoms with van der Waals surface area (Å²) < 4.78 is 54.4. The van der Waals surface area contributed by atoms with Crippen molar-refractivity contribution in [2.24, 2.45) is 0 Å². The number of carbonyl (C=O) groups excluding carboxylic acids is 1. The van der Waals surface area contributed by atoms with Gasteiger partial charge in [-0.1, -0.05) is 29.8 Å². The molecule has 0 saturated heterocycles. The second-order valence-corrected chi connectivity index (χ2v) is 14.0. The summed E-state index contributed by atoms with van der Waals surface area (Å²) >= 11 is 0. The minimum Gasteiger partial charge on any atom is -0.395 e. The van der Waals surface area contributed by atoms with Gasteiger partial charge in [0, 0.05) is 23.3 Å². The van der Waals surface area contributed by atoms with Crippen molar-refractivity contribution in [3.05, 3.63) is 59.7 Å². The van der Waals surface area contributed by atoms with Gasteiger partial charge in [0.2, 0.25) is 0 Å². The summed E-state index contributed by atoms with van der Waals surface area (Å²) in [4.78, 5) is 12.8. The second-order valence-electron chi connectivity index (χ2n) is 7.02. The molecule has 11 heteroatoms. The van der Waals surface area contributed by atoms with Gasteiger partial charge in [0.1, 0.15) is 0 Å². The molecule has 2 aromatic rings. The molecular weight excluding hydrogens is 464 g/mol. The van der Waals surface area contributed by atoms with E-state index < -0.39 is 49.3 Å². The Morgan fingerprint density at radius 1 is 0.839 bits per heavy atom. The highest BCUT2D eigenvalue weighted by Gasteiger charge is 2.34. The topological polar surface area (TPSA) is 135 Å². The van der Waals surface area contributed by atoms with Crippen LogP contribution in [0.2, 0.25) is 0 Å². The van der Waals surface area contributed by atoms with Crippen molar-refractivity contribution in [2.75, 3.05) is 36.7 Å². The lowest BCUT2D eigenvalue weighted by Gasteiger charge is -2.36. The largest absolute Gasteiger partial charge is 0.395 e. The molecule has 0 unspecified atom stereocenters. The second kappa shape index (κ2) is 10.2. The van der Waals surface area contributed by atoms with E-state index >= 15 is 0 Å². The molecule has 0 fully saturated rings. The van der Waals surface area contributed by atoms with Crippen molar-refractivity contribution in [3.8, 4) is 0 Å². The number of Topliss-reactive ketones (excluding diaryl/α,β-unsaturated/α-hetero) is 1. The van der Waals surface area contributed by atoms with Crippen LogP contribution in [0, 0.1) is 6.92 Å². The first kappa shape index (κ1) is 25.5. The Morgan fingerprint density at radius 3 is 1.77 bits per heavy atom. The zero-order valence-corrected chi connectivity index (χ0v) is 19.7. The van der Waals surface area contributed by atoms with Gasteiger partial charge in [0.15, 0.2) is 15.6 Å². The molecule has 0 spiro atoms. The fourth-order valence-corrected chi connectivity index (χ4v) is 8.29. The van der Waals surface area contributed by atoms with E-state index in [1.165, 1.54) is 36.4 Å². The van der Waals surface area contributed by atoms with E-state index in [9.17, 15) is 31.8 Å². The van der Waals surface area contributed by atoms with Crippen molar-refractivity contribution < 1.29 is 35.5 Å². The molecule has 8 nitrogen and oxygen atoms in total. The third-order valence-corrected chi connectivity index (χ3v) is 11.0. The highest BCUT2D eigenvalue weighted by Crippen LogP contribution is 2.51. The highest BCUT2D eigenvalue weighted by atomic mass is 32.3. The first-order chi connectivity index (χ1) is 14.4. The lowest BCUT2D eigenvalue weighted by Crippen LogP contribution is -2.27. The summed E-state index contributed by atoms with van der Waals surface area (Å²) in [5.41, 5.74) is 1.03. The Kier molecular flexibility index (Phi) is 8.42. The van der Waals surface area contributed by atoms with Crippen LogP contribution in [0.3, 0.4) is 0 Å². The molecule has 31 heavy (non-hydrogen) atoms. The third-order valence-electron chi connectivity index (χ3n) is 4.47. The lowest BCUT2D eigenvalue weighted by molar-refractivity contribution is 0.102. The van der Waals surface area contributed by atoms with Gasteiger partial charge in [-0.15, -0.1) is 10.3 Å². The number of carbonyl (C=O) groups is 1. The summed E-state index contributed by atoms with van der Waals surface area (Å²) in [5.74, 6) is -1.06. The smallest absolute Gasteiger partial charge is 0.306 e. The number of hydrogen-bond donors (Lipinski definition) is 2. The fraction of sp³-hybridized carbons (Fsp3) is 0.350. The molecule has 0 aliphatic carbocycles. The first-order valence-electron chi connectivity index (χ1n) is 9.27. The Bertz CT molecular complexity index is 1100. The molecular formula is C20H26O8S3. The van der Waals surface area contributed by atoms with E-state index in [0.29, 0.717) is 0 Å². The molecule has 0 heterocycles. The normalized spacial score (nSPS) is 13.2. The van der Waals surface area contributed by atoms with Crippen LogP contribution in [0.15, 0.2) is 58.3 Å². The van der Waals surface area contributed by atoms with Crippen molar-refractivity contribution in [1.82, 2.24) is 0 Å². The summed E-state index contributed by atoms with van der Waals surface area (Å²) in [6.07, 6.45) is 1.05. The van der Waals surface area contributed by atoms with Crippen LogP contribution in [0.25, 0.3) is 0 Å². The minimum absolute atomic E-state index is 0.0478. The van der Waals surface area contributed by atoms with Gasteiger partial charge < -0.3 is 10.2 Å². The Hall–Kier alpha value is -1.76. The number of aryl methyl sites for hydroxylation is 1. The molecule has 172 valence electrons. The first-order valence-corrected chi connectivity index (χ1v) is 14.6. The summed E-state index contributed by atoms with van der Waals surface area (Å²) in [7, 11) is -10.4. The minimum atomic E-state index is -4.25. The molecule has 0 bridgehead atoms. The maximum Gasteiger partial charge on any atom is 0.306 e.